The van der Waals surface area contributed by atoms with Crippen LogP contribution >= 0.6 is 15.9 Å². The SMILES string of the molecule is N#Cc1cnn2ccc(Br)c2c1O. The molecule has 0 spiro atoms. The fourth-order valence-corrected chi connectivity index (χ4v) is 1.59. The van der Waals surface area contributed by atoms with E-state index in [-0.39, 0.29) is 11.3 Å². The fourth-order valence-electron chi connectivity index (χ4n) is 1.11. The van der Waals surface area contributed by atoms with E-state index in [1.165, 1.54) is 10.7 Å². The van der Waals surface area contributed by atoms with E-state index in [1.807, 2.05) is 6.07 Å². The van der Waals surface area contributed by atoms with Crippen molar-refractivity contribution in [3.8, 4) is 11.8 Å². The van der Waals surface area contributed by atoms with Crippen LogP contribution in [0.3, 0.4) is 0 Å². The predicted molar refractivity (Wildman–Crippen MR) is 49.3 cm³/mol. The third kappa shape index (κ3) is 1.07. The van der Waals surface area contributed by atoms with Gasteiger partial charge in [-0.25, -0.2) is 4.52 Å². The van der Waals surface area contributed by atoms with Gasteiger partial charge in [-0.05, 0) is 22.0 Å². The Morgan fingerprint density at radius 1 is 1.62 bits per heavy atom. The third-order valence-electron chi connectivity index (χ3n) is 1.73. The number of aromatic hydroxyl groups is 1. The zero-order chi connectivity index (χ0) is 9.42. The van der Waals surface area contributed by atoms with Crippen LogP contribution < -0.4 is 0 Å². The highest BCUT2D eigenvalue weighted by Gasteiger charge is 2.10. The number of aromatic nitrogens is 2. The van der Waals surface area contributed by atoms with Gasteiger partial charge in [-0.1, -0.05) is 0 Å². The summed E-state index contributed by atoms with van der Waals surface area (Å²) in [7, 11) is 0. The van der Waals surface area contributed by atoms with Crippen LogP contribution in [-0.4, -0.2) is 14.7 Å². The molecule has 1 N–H and O–H groups in total. The molecule has 0 radical (unpaired) electrons. The Labute approximate surface area is 82.2 Å². The van der Waals surface area contributed by atoms with Gasteiger partial charge in [0.05, 0.1) is 6.20 Å². The van der Waals surface area contributed by atoms with Crippen LogP contribution in [0.2, 0.25) is 0 Å². The molecule has 0 saturated carbocycles. The Bertz CT molecular complexity index is 512. The molecule has 2 aromatic rings. The van der Waals surface area contributed by atoms with Crippen molar-refractivity contribution in [2.45, 2.75) is 0 Å². The second kappa shape index (κ2) is 2.75. The van der Waals surface area contributed by atoms with Gasteiger partial charge in [0.1, 0.15) is 17.1 Å². The number of halogens is 1. The van der Waals surface area contributed by atoms with Gasteiger partial charge >= 0.3 is 0 Å². The first-order chi connectivity index (χ1) is 6.24. The van der Waals surface area contributed by atoms with Crippen molar-refractivity contribution in [2.75, 3.05) is 0 Å². The molecule has 0 aliphatic rings. The second-order valence-corrected chi connectivity index (χ2v) is 3.33. The second-order valence-electron chi connectivity index (χ2n) is 2.48. The number of fused-ring (bicyclic) bond motifs is 1. The lowest BCUT2D eigenvalue weighted by atomic mass is 10.3. The normalized spacial score (nSPS) is 10.2. The largest absolute Gasteiger partial charge is 0.504 e. The zero-order valence-corrected chi connectivity index (χ0v) is 7.98. The first kappa shape index (κ1) is 8.08. The highest BCUT2D eigenvalue weighted by molar-refractivity contribution is 9.10. The summed E-state index contributed by atoms with van der Waals surface area (Å²) in [6.07, 6.45) is 3.02. The fraction of sp³-hybridized carbons (Fsp3) is 0. The quantitative estimate of drug-likeness (QED) is 0.759. The molecule has 0 fully saturated rings. The van der Waals surface area contributed by atoms with E-state index in [2.05, 4.69) is 21.0 Å². The zero-order valence-electron chi connectivity index (χ0n) is 6.40. The number of nitrogens with zero attached hydrogens (tertiary/aromatic N) is 3. The molecule has 13 heavy (non-hydrogen) atoms. The van der Waals surface area contributed by atoms with Crippen LogP contribution in [0, 0.1) is 11.3 Å². The van der Waals surface area contributed by atoms with Crippen molar-refractivity contribution in [2.24, 2.45) is 0 Å². The summed E-state index contributed by atoms with van der Waals surface area (Å²) in [6, 6.07) is 3.61. The van der Waals surface area contributed by atoms with Crippen LogP contribution in [0.5, 0.6) is 5.75 Å². The summed E-state index contributed by atoms with van der Waals surface area (Å²) in [5.74, 6) is -0.0469. The van der Waals surface area contributed by atoms with Crippen molar-refractivity contribution in [3.63, 3.8) is 0 Å². The lowest BCUT2D eigenvalue weighted by Gasteiger charge is -1.99. The van der Waals surface area contributed by atoms with Gasteiger partial charge < -0.3 is 5.11 Å². The Morgan fingerprint density at radius 3 is 3.08 bits per heavy atom. The molecule has 0 saturated heterocycles. The molecule has 0 unspecified atom stereocenters. The average molecular weight is 238 g/mol. The number of rotatable bonds is 0. The van der Waals surface area contributed by atoms with Gasteiger partial charge in [0.15, 0.2) is 5.75 Å². The van der Waals surface area contributed by atoms with Crippen LogP contribution in [-0.2, 0) is 0 Å². The third-order valence-corrected chi connectivity index (χ3v) is 2.37. The maximum absolute atomic E-state index is 9.61. The van der Waals surface area contributed by atoms with E-state index in [9.17, 15) is 5.11 Å². The summed E-state index contributed by atoms with van der Waals surface area (Å²) >= 11 is 3.25. The van der Waals surface area contributed by atoms with E-state index in [1.54, 1.807) is 12.3 Å². The average Bonchev–Trinajstić information content (AvgIpc) is 2.49. The van der Waals surface area contributed by atoms with Crippen molar-refractivity contribution in [1.29, 1.82) is 5.26 Å². The van der Waals surface area contributed by atoms with E-state index in [4.69, 9.17) is 5.26 Å². The van der Waals surface area contributed by atoms with Crippen molar-refractivity contribution < 1.29 is 5.11 Å². The Morgan fingerprint density at radius 2 is 2.38 bits per heavy atom. The summed E-state index contributed by atoms with van der Waals surface area (Å²) in [6.45, 7) is 0. The molecule has 0 aromatic carbocycles. The Balaban J connectivity index is 2.93. The Hall–Kier alpha value is -1.54. The molecular formula is C8H4BrN3O. The van der Waals surface area contributed by atoms with Gasteiger partial charge in [-0.3, -0.25) is 0 Å². The molecule has 0 aliphatic carbocycles. The molecule has 0 aliphatic heterocycles. The van der Waals surface area contributed by atoms with Gasteiger partial charge in [-0.2, -0.15) is 10.4 Å². The van der Waals surface area contributed by atoms with Gasteiger partial charge in [-0.15, -0.1) is 0 Å². The molecule has 2 heterocycles. The molecule has 0 amide bonds. The van der Waals surface area contributed by atoms with Crippen molar-refractivity contribution in [3.05, 3.63) is 28.5 Å². The molecule has 2 aromatic heterocycles. The van der Waals surface area contributed by atoms with Gasteiger partial charge in [0, 0.05) is 10.7 Å². The van der Waals surface area contributed by atoms with Crippen molar-refractivity contribution in [1.82, 2.24) is 9.61 Å². The maximum atomic E-state index is 9.61. The van der Waals surface area contributed by atoms with E-state index < -0.39 is 0 Å². The monoisotopic (exact) mass is 237 g/mol. The molecule has 4 nitrogen and oxygen atoms in total. The lowest BCUT2D eigenvalue weighted by molar-refractivity contribution is 0.475. The predicted octanol–water partition coefficient (Wildman–Crippen LogP) is 1.67. The summed E-state index contributed by atoms with van der Waals surface area (Å²) in [4.78, 5) is 0. The summed E-state index contributed by atoms with van der Waals surface area (Å²) < 4.78 is 2.22. The molecule has 5 heteroatoms. The highest BCUT2D eigenvalue weighted by Crippen LogP contribution is 2.28. The first-order valence-corrected chi connectivity index (χ1v) is 4.28. The number of hydrogen-bond donors (Lipinski definition) is 1. The summed E-state index contributed by atoms with van der Waals surface area (Å²) in [5.41, 5.74) is 0.686. The van der Waals surface area contributed by atoms with E-state index in [0.29, 0.717) is 5.52 Å². The molecule has 2 rings (SSSR count). The minimum Gasteiger partial charge on any atom is -0.504 e. The van der Waals surface area contributed by atoms with Gasteiger partial charge in [0.2, 0.25) is 0 Å². The molecule has 64 valence electrons. The molecule has 0 atom stereocenters. The Kier molecular flexibility index (Phi) is 1.71. The van der Waals surface area contributed by atoms with Crippen molar-refractivity contribution >= 4 is 21.4 Å². The summed E-state index contributed by atoms with van der Waals surface area (Å²) in [5, 5.41) is 22.2. The highest BCUT2D eigenvalue weighted by atomic mass is 79.9. The lowest BCUT2D eigenvalue weighted by Crippen LogP contribution is -1.91. The van der Waals surface area contributed by atoms with E-state index in [0.717, 1.165) is 4.47 Å². The van der Waals surface area contributed by atoms with Crippen LogP contribution in [0.15, 0.2) is 22.9 Å². The number of nitriles is 1. The van der Waals surface area contributed by atoms with Gasteiger partial charge in [0.25, 0.3) is 0 Å². The maximum Gasteiger partial charge on any atom is 0.161 e. The molecular weight excluding hydrogens is 234 g/mol. The first-order valence-electron chi connectivity index (χ1n) is 3.49. The smallest absolute Gasteiger partial charge is 0.161 e. The van der Waals surface area contributed by atoms with Crippen LogP contribution in [0.1, 0.15) is 5.56 Å². The minimum absolute atomic E-state index is 0.0469. The van der Waals surface area contributed by atoms with E-state index >= 15 is 0 Å². The topological polar surface area (TPSA) is 61.3 Å². The minimum atomic E-state index is -0.0469. The van der Waals surface area contributed by atoms with Crippen LogP contribution in [0.25, 0.3) is 5.52 Å². The number of hydrogen-bond acceptors (Lipinski definition) is 3. The molecule has 0 bridgehead atoms. The van der Waals surface area contributed by atoms with Crippen LogP contribution in [0.4, 0.5) is 0 Å². The standard InChI is InChI=1S/C8H4BrN3O/c9-6-1-2-12-7(6)8(13)5(3-10)4-11-12/h1-2,4,13H.